The third kappa shape index (κ3) is 4.84. The van der Waals surface area contributed by atoms with Crippen LogP contribution in [0.3, 0.4) is 0 Å². The van der Waals surface area contributed by atoms with E-state index in [9.17, 15) is 14.3 Å². The molecule has 2 aliphatic rings. The lowest BCUT2D eigenvalue weighted by Gasteiger charge is -2.35. The Bertz CT molecular complexity index is 1600. The molecule has 1 fully saturated rings. The number of fused-ring (bicyclic) bond motifs is 2. The lowest BCUT2D eigenvalue weighted by molar-refractivity contribution is 0.0696. The minimum atomic E-state index is -1.01. The number of benzene rings is 3. The fourth-order valence-corrected chi connectivity index (χ4v) is 5.84. The summed E-state index contributed by atoms with van der Waals surface area (Å²) in [7, 11) is 3.42. The van der Waals surface area contributed by atoms with E-state index in [0.717, 1.165) is 42.8 Å². The summed E-state index contributed by atoms with van der Waals surface area (Å²) in [6, 6.07) is 13.7. The number of methoxy groups -OCH3 is 1. The largest absolute Gasteiger partial charge is 0.494 e. The van der Waals surface area contributed by atoms with Crippen molar-refractivity contribution < 1.29 is 28.5 Å². The van der Waals surface area contributed by atoms with Crippen molar-refractivity contribution in [2.24, 2.45) is 7.05 Å². The Kier molecular flexibility index (Phi) is 7.02. The summed E-state index contributed by atoms with van der Waals surface area (Å²) in [6.07, 6.45) is 1.27. The number of nitrogens with zero attached hydrogens (tertiary/aromatic N) is 3. The summed E-state index contributed by atoms with van der Waals surface area (Å²) in [4.78, 5) is 18.7. The zero-order valence-corrected chi connectivity index (χ0v) is 22.9. The van der Waals surface area contributed by atoms with Crippen LogP contribution in [0.4, 0.5) is 4.39 Å². The van der Waals surface area contributed by atoms with Crippen LogP contribution in [0.25, 0.3) is 11.0 Å². The molecule has 0 spiro atoms. The fraction of sp³-hybridized carbons (Fsp3) is 0.333. The lowest BCUT2D eigenvalue weighted by Crippen LogP contribution is -2.33. The highest BCUT2D eigenvalue weighted by molar-refractivity contribution is 6.30. The molecule has 1 N–H and O–H groups in total. The van der Waals surface area contributed by atoms with E-state index >= 15 is 0 Å². The molecule has 3 heterocycles. The predicted molar refractivity (Wildman–Crippen MR) is 148 cm³/mol. The van der Waals surface area contributed by atoms with Crippen molar-refractivity contribution in [1.82, 2.24) is 14.5 Å². The molecule has 0 amide bonds. The van der Waals surface area contributed by atoms with Crippen molar-refractivity contribution >= 4 is 28.6 Å². The zero-order valence-electron chi connectivity index (χ0n) is 22.2. The van der Waals surface area contributed by atoms with E-state index in [1.54, 1.807) is 18.2 Å². The molecule has 0 aliphatic carbocycles. The second kappa shape index (κ2) is 10.6. The number of aromatic carboxylic acids is 1. The number of ether oxygens (including phenoxy) is 3. The maximum Gasteiger partial charge on any atom is 0.335 e. The van der Waals surface area contributed by atoms with Crippen LogP contribution in [0.1, 0.15) is 52.2 Å². The van der Waals surface area contributed by atoms with Crippen LogP contribution in [0.15, 0.2) is 48.5 Å². The lowest BCUT2D eigenvalue weighted by atomic mass is 9.88. The van der Waals surface area contributed by atoms with Gasteiger partial charge in [0.25, 0.3) is 0 Å². The molecule has 2 aliphatic heterocycles. The quantitative estimate of drug-likeness (QED) is 0.308. The van der Waals surface area contributed by atoms with Crippen LogP contribution < -0.4 is 14.2 Å². The Balaban J connectivity index is 1.17. The number of carbonyl (C=O) groups is 1. The van der Waals surface area contributed by atoms with Gasteiger partial charge in [0.2, 0.25) is 0 Å². The van der Waals surface area contributed by atoms with E-state index in [0.29, 0.717) is 39.9 Å². The fourth-order valence-electron chi connectivity index (χ4n) is 5.68. The number of carboxylic acid groups (broad SMARTS) is 1. The molecule has 4 aromatic rings. The van der Waals surface area contributed by atoms with Crippen molar-refractivity contribution in [2.75, 3.05) is 26.8 Å². The highest BCUT2D eigenvalue weighted by Crippen LogP contribution is 2.45. The van der Waals surface area contributed by atoms with Crippen LogP contribution >= 0.6 is 11.6 Å². The van der Waals surface area contributed by atoms with E-state index in [1.165, 1.54) is 19.2 Å². The Morgan fingerprint density at radius 3 is 2.70 bits per heavy atom. The summed E-state index contributed by atoms with van der Waals surface area (Å²) >= 11 is 5.94. The van der Waals surface area contributed by atoms with Crippen LogP contribution in [0.2, 0.25) is 5.02 Å². The number of aromatic nitrogens is 2. The standard InChI is InChI=1S/C30H29ClFN3O5/c1-34-23-12-18(30(36)37)13-25(38-2)28(23)33-27(34)15-35-10-8-17(9-11-35)20-4-3-5-24-29(20)40-26(16-39-24)21-7-6-19(31)14-22(21)32/h3-7,12-14,17,26H,8-11,15-16H2,1-2H3,(H,36,37)/t26-/m0/s1. The van der Waals surface area contributed by atoms with Gasteiger partial charge in [-0.05, 0) is 62.2 Å². The molecule has 208 valence electrons. The first-order valence-electron chi connectivity index (χ1n) is 13.2. The van der Waals surface area contributed by atoms with Crippen LogP contribution in [0, 0.1) is 5.82 Å². The van der Waals surface area contributed by atoms with Gasteiger partial charge in [0.15, 0.2) is 17.6 Å². The number of imidazole rings is 1. The number of hydrogen-bond acceptors (Lipinski definition) is 6. The van der Waals surface area contributed by atoms with E-state index in [-0.39, 0.29) is 18.1 Å². The third-order valence-electron chi connectivity index (χ3n) is 7.87. The molecule has 0 radical (unpaired) electrons. The minimum absolute atomic E-state index is 0.165. The van der Waals surface area contributed by atoms with Gasteiger partial charge in [0, 0.05) is 23.2 Å². The third-order valence-corrected chi connectivity index (χ3v) is 8.11. The smallest absolute Gasteiger partial charge is 0.335 e. The SMILES string of the molecule is COc1cc(C(=O)O)cc2c1nc(CN1CCC(c3cccc4c3O[C@H](c3ccc(Cl)cc3F)CO4)CC1)n2C. The second-order valence-corrected chi connectivity index (χ2v) is 10.7. The van der Waals surface area contributed by atoms with Gasteiger partial charge in [-0.15, -0.1) is 0 Å². The summed E-state index contributed by atoms with van der Waals surface area (Å²) in [5.41, 5.74) is 3.04. The Hall–Kier alpha value is -3.82. The first-order chi connectivity index (χ1) is 19.3. The average molecular weight is 566 g/mol. The van der Waals surface area contributed by atoms with Crippen LogP contribution in [-0.4, -0.2) is 52.3 Å². The molecular formula is C30H29ClFN3O5. The number of carboxylic acids is 1. The molecule has 1 atom stereocenters. The van der Waals surface area contributed by atoms with Crippen molar-refractivity contribution in [2.45, 2.75) is 31.4 Å². The molecular weight excluding hydrogens is 537 g/mol. The number of rotatable bonds is 6. The molecule has 0 bridgehead atoms. The van der Waals surface area contributed by atoms with Crippen LogP contribution in [-0.2, 0) is 13.6 Å². The number of piperidine rings is 1. The maximum atomic E-state index is 14.6. The van der Waals surface area contributed by atoms with Gasteiger partial charge in [-0.2, -0.15) is 0 Å². The Labute approximate surface area is 235 Å². The molecule has 1 saturated heterocycles. The number of hydrogen-bond donors (Lipinski definition) is 1. The molecule has 8 nitrogen and oxygen atoms in total. The minimum Gasteiger partial charge on any atom is -0.494 e. The van der Waals surface area contributed by atoms with Gasteiger partial charge < -0.3 is 23.9 Å². The summed E-state index contributed by atoms with van der Waals surface area (Å²) < 4.78 is 34.3. The normalized spacial score (nSPS) is 17.8. The molecule has 10 heteroatoms. The van der Waals surface area contributed by atoms with Crippen LogP contribution in [0.5, 0.6) is 17.2 Å². The number of halogens is 2. The van der Waals surface area contributed by atoms with Crippen molar-refractivity contribution in [3.63, 3.8) is 0 Å². The maximum absolute atomic E-state index is 14.6. The van der Waals surface area contributed by atoms with Crippen molar-refractivity contribution in [1.29, 1.82) is 0 Å². The van der Waals surface area contributed by atoms with Crippen molar-refractivity contribution in [3.05, 3.63) is 81.9 Å². The van der Waals surface area contributed by atoms with E-state index in [4.69, 9.17) is 30.8 Å². The van der Waals surface area contributed by atoms with E-state index in [1.807, 2.05) is 23.7 Å². The number of likely N-dealkylation sites (tertiary alicyclic amines) is 1. The molecule has 1 aromatic heterocycles. The highest BCUT2D eigenvalue weighted by Gasteiger charge is 2.31. The summed E-state index contributed by atoms with van der Waals surface area (Å²) in [5, 5.41) is 9.82. The first kappa shape index (κ1) is 26.4. The summed E-state index contributed by atoms with van der Waals surface area (Å²) in [5.74, 6) is 1.51. The van der Waals surface area contributed by atoms with Gasteiger partial charge in [-0.25, -0.2) is 14.2 Å². The highest BCUT2D eigenvalue weighted by atomic mass is 35.5. The molecule has 0 unspecified atom stereocenters. The summed E-state index contributed by atoms with van der Waals surface area (Å²) in [6.45, 7) is 2.56. The molecule has 6 rings (SSSR count). The average Bonchev–Trinajstić information content (AvgIpc) is 3.27. The second-order valence-electron chi connectivity index (χ2n) is 10.2. The van der Waals surface area contributed by atoms with Gasteiger partial charge in [-0.3, -0.25) is 4.90 Å². The van der Waals surface area contributed by atoms with Gasteiger partial charge in [0.05, 0.1) is 24.7 Å². The monoisotopic (exact) mass is 565 g/mol. The number of aryl methyl sites for hydroxylation is 1. The topological polar surface area (TPSA) is 86.1 Å². The molecule has 40 heavy (non-hydrogen) atoms. The van der Waals surface area contributed by atoms with Gasteiger partial charge in [-0.1, -0.05) is 29.8 Å². The van der Waals surface area contributed by atoms with Gasteiger partial charge >= 0.3 is 5.97 Å². The molecule has 3 aromatic carbocycles. The molecule has 0 saturated carbocycles. The van der Waals surface area contributed by atoms with E-state index < -0.39 is 17.9 Å². The predicted octanol–water partition coefficient (Wildman–Crippen LogP) is 5.96. The van der Waals surface area contributed by atoms with Gasteiger partial charge in [0.1, 0.15) is 29.5 Å². The first-order valence-corrected chi connectivity index (χ1v) is 13.6. The Morgan fingerprint density at radius 1 is 1.18 bits per heavy atom. The Morgan fingerprint density at radius 2 is 1.98 bits per heavy atom. The van der Waals surface area contributed by atoms with E-state index in [2.05, 4.69) is 11.0 Å². The van der Waals surface area contributed by atoms with Crippen molar-refractivity contribution in [3.8, 4) is 17.2 Å². The number of para-hydroxylation sites is 1. The zero-order chi connectivity index (χ0) is 28.0.